The molecule has 1 fully saturated rings. The molecule has 9 nitrogen and oxygen atoms in total. The fraction of sp³-hybridized carbons (Fsp3) is 0.381. The zero-order chi connectivity index (χ0) is 21.7. The third-order valence-corrected chi connectivity index (χ3v) is 5.47. The summed E-state index contributed by atoms with van der Waals surface area (Å²) in [6, 6.07) is 11.0. The van der Waals surface area contributed by atoms with Gasteiger partial charge in [0.25, 0.3) is 17.3 Å². The van der Waals surface area contributed by atoms with Crippen molar-refractivity contribution in [2.24, 2.45) is 5.92 Å². The lowest BCUT2D eigenvalue weighted by Gasteiger charge is -2.32. The van der Waals surface area contributed by atoms with Crippen molar-refractivity contribution in [2.75, 3.05) is 20.2 Å². The van der Waals surface area contributed by atoms with Gasteiger partial charge in [-0.15, -0.1) is 0 Å². The number of hydrogen-bond donors (Lipinski definition) is 0. The number of carbonyl (C=O) groups excluding carboxylic acids is 1. The van der Waals surface area contributed by atoms with E-state index in [4.69, 9.17) is 4.74 Å². The van der Waals surface area contributed by atoms with Crippen LogP contribution in [0.2, 0.25) is 0 Å². The van der Waals surface area contributed by atoms with Gasteiger partial charge < -0.3 is 9.64 Å². The van der Waals surface area contributed by atoms with Gasteiger partial charge in [-0.3, -0.25) is 25.0 Å². The first kappa shape index (κ1) is 21.2. The maximum atomic E-state index is 12.8. The molecule has 2 aromatic rings. The van der Waals surface area contributed by atoms with E-state index in [9.17, 15) is 25.0 Å². The number of likely N-dealkylation sites (tertiary alicyclic amines) is 1. The van der Waals surface area contributed by atoms with Crippen LogP contribution >= 0.6 is 0 Å². The maximum absolute atomic E-state index is 12.8. The molecule has 1 aliphatic rings. The molecule has 1 amide bonds. The topological polar surface area (TPSA) is 116 Å². The summed E-state index contributed by atoms with van der Waals surface area (Å²) in [5.74, 6) is 0.901. The van der Waals surface area contributed by atoms with Crippen molar-refractivity contribution in [3.8, 4) is 5.75 Å². The van der Waals surface area contributed by atoms with Crippen molar-refractivity contribution < 1.29 is 19.4 Å². The number of aryl methyl sites for hydroxylation is 1. The fourth-order valence-corrected chi connectivity index (χ4v) is 3.70. The van der Waals surface area contributed by atoms with Crippen LogP contribution in [0.25, 0.3) is 0 Å². The van der Waals surface area contributed by atoms with Gasteiger partial charge in [-0.2, -0.15) is 0 Å². The largest absolute Gasteiger partial charge is 0.497 e. The number of rotatable bonds is 7. The predicted molar refractivity (Wildman–Crippen MR) is 110 cm³/mol. The Hall–Kier alpha value is -3.49. The first-order valence-corrected chi connectivity index (χ1v) is 9.73. The molecule has 9 heteroatoms. The maximum Gasteiger partial charge on any atom is 0.277 e. The number of benzene rings is 2. The Balaban J connectivity index is 1.58. The molecular formula is C21H23N3O6. The molecule has 1 saturated heterocycles. The first-order chi connectivity index (χ1) is 14.4. The second kappa shape index (κ2) is 9.34. The van der Waals surface area contributed by atoms with Crippen molar-refractivity contribution >= 4 is 17.3 Å². The molecule has 0 unspecified atom stereocenters. The van der Waals surface area contributed by atoms with Crippen molar-refractivity contribution in [1.29, 1.82) is 0 Å². The highest BCUT2D eigenvalue weighted by molar-refractivity contribution is 5.95. The first-order valence-electron chi connectivity index (χ1n) is 9.73. The van der Waals surface area contributed by atoms with Crippen molar-refractivity contribution in [3.05, 3.63) is 73.8 Å². The molecule has 30 heavy (non-hydrogen) atoms. The summed E-state index contributed by atoms with van der Waals surface area (Å²) in [4.78, 5) is 35.0. The smallest absolute Gasteiger partial charge is 0.277 e. The molecule has 3 rings (SSSR count). The van der Waals surface area contributed by atoms with Gasteiger partial charge >= 0.3 is 0 Å². The summed E-state index contributed by atoms with van der Waals surface area (Å²) in [7, 11) is 1.63. The van der Waals surface area contributed by atoms with Crippen LogP contribution < -0.4 is 4.74 Å². The van der Waals surface area contributed by atoms with Gasteiger partial charge in [-0.25, -0.2) is 0 Å². The van der Waals surface area contributed by atoms with Crippen molar-refractivity contribution in [3.63, 3.8) is 0 Å². The highest BCUT2D eigenvalue weighted by Crippen LogP contribution is 2.27. The van der Waals surface area contributed by atoms with Gasteiger partial charge in [0.2, 0.25) is 0 Å². The zero-order valence-electron chi connectivity index (χ0n) is 16.7. The number of nitrogens with zero attached hydrogens (tertiary/aromatic N) is 3. The Labute approximate surface area is 173 Å². The van der Waals surface area contributed by atoms with E-state index >= 15 is 0 Å². The van der Waals surface area contributed by atoms with E-state index in [0.29, 0.717) is 19.0 Å². The van der Waals surface area contributed by atoms with E-state index in [1.54, 1.807) is 12.0 Å². The number of ether oxygens (including phenoxy) is 1. The molecular weight excluding hydrogens is 390 g/mol. The molecule has 1 heterocycles. The highest BCUT2D eigenvalue weighted by atomic mass is 16.6. The lowest BCUT2D eigenvalue weighted by atomic mass is 9.90. The summed E-state index contributed by atoms with van der Waals surface area (Å²) in [6.07, 6.45) is 3.62. The second-order valence-electron chi connectivity index (χ2n) is 7.37. The number of methoxy groups -OCH3 is 1. The van der Waals surface area contributed by atoms with Crippen LogP contribution in [0.3, 0.4) is 0 Å². The molecule has 0 radical (unpaired) electrons. The molecule has 0 aliphatic carbocycles. The van der Waals surface area contributed by atoms with Crippen LogP contribution in [-0.2, 0) is 6.42 Å². The lowest BCUT2D eigenvalue weighted by Crippen LogP contribution is -2.38. The standard InChI is InChI=1S/C21H23N3O6/c1-30-20-6-4-15(5-7-20)2-3-16-8-10-22(11-9-16)21(25)17-12-18(23(26)27)14-19(13-17)24(28)29/h4-7,12-14,16H,2-3,8-11H2,1H3. The van der Waals surface area contributed by atoms with E-state index in [1.807, 2.05) is 24.3 Å². The Morgan fingerprint density at radius 3 is 2.10 bits per heavy atom. The lowest BCUT2D eigenvalue weighted by molar-refractivity contribution is -0.394. The van der Waals surface area contributed by atoms with Crippen LogP contribution in [-0.4, -0.2) is 40.9 Å². The molecule has 2 aromatic carbocycles. The number of carbonyl (C=O) groups is 1. The molecule has 0 aromatic heterocycles. The Bertz CT molecular complexity index is 904. The van der Waals surface area contributed by atoms with E-state index < -0.39 is 27.1 Å². The molecule has 0 atom stereocenters. The number of nitro groups is 2. The van der Waals surface area contributed by atoms with E-state index in [0.717, 1.165) is 49.6 Å². The SMILES string of the molecule is COc1ccc(CCC2CCN(C(=O)c3cc([N+](=O)[O-])cc([N+](=O)[O-])c3)CC2)cc1. The van der Waals surface area contributed by atoms with E-state index in [1.165, 1.54) is 5.56 Å². The molecule has 0 spiro atoms. The summed E-state index contributed by atoms with van der Waals surface area (Å²) < 4.78 is 5.16. The van der Waals surface area contributed by atoms with E-state index in [2.05, 4.69) is 0 Å². The van der Waals surface area contributed by atoms with Gasteiger partial charge in [-0.05, 0) is 49.3 Å². The third-order valence-electron chi connectivity index (χ3n) is 5.47. The Kier molecular flexibility index (Phi) is 6.61. The minimum atomic E-state index is -0.727. The average Bonchev–Trinajstić information content (AvgIpc) is 2.77. The van der Waals surface area contributed by atoms with Crippen LogP contribution in [0.4, 0.5) is 11.4 Å². The summed E-state index contributed by atoms with van der Waals surface area (Å²) in [5.41, 5.74) is 0.301. The van der Waals surface area contributed by atoms with Crippen LogP contribution in [0.5, 0.6) is 5.75 Å². The second-order valence-corrected chi connectivity index (χ2v) is 7.37. The van der Waals surface area contributed by atoms with Crippen LogP contribution in [0, 0.1) is 26.1 Å². The number of hydrogen-bond acceptors (Lipinski definition) is 6. The van der Waals surface area contributed by atoms with Gasteiger partial charge in [0, 0.05) is 25.2 Å². The number of nitro benzene ring substituents is 2. The fourth-order valence-electron chi connectivity index (χ4n) is 3.70. The quantitative estimate of drug-likeness (QED) is 0.500. The minimum Gasteiger partial charge on any atom is -0.497 e. The average molecular weight is 413 g/mol. The highest BCUT2D eigenvalue weighted by Gasteiger charge is 2.26. The van der Waals surface area contributed by atoms with E-state index in [-0.39, 0.29) is 5.56 Å². The molecule has 1 aliphatic heterocycles. The molecule has 158 valence electrons. The Morgan fingerprint density at radius 1 is 1.03 bits per heavy atom. The number of non-ortho nitro benzene ring substituents is 2. The number of amides is 1. The molecule has 0 N–H and O–H groups in total. The van der Waals surface area contributed by atoms with Crippen LogP contribution in [0.15, 0.2) is 42.5 Å². The number of piperidine rings is 1. The van der Waals surface area contributed by atoms with Gasteiger partial charge in [0.05, 0.1) is 28.6 Å². The van der Waals surface area contributed by atoms with Gasteiger partial charge in [-0.1, -0.05) is 12.1 Å². The van der Waals surface area contributed by atoms with Gasteiger partial charge in [0.15, 0.2) is 0 Å². The van der Waals surface area contributed by atoms with Gasteiger partial charge in [0.1, 0.15) is 5.75 Å². The summed E-state index contributed by atoms with van der Waals surface area (Å²) >= 11 is 0. The van der Waals surface area contributed by atoms with Crippen LogP contribution in [0.1, 0.15) is 35.2 Å². The predicted octanol–water partition coefficient (Wildman–Crippen LogP) is 4.00. The zero-order valence-corrected chi connectivity index (χ0v) is 16.7. The third kappa shape index (κ3) is 5.11. The minimum absolute atomic E-state index is 0.0208. The Morgan fingerprint density at radius 2 is 1.60 bits per heavy atom. The molecule has 0 bridgehead atoms. The normalized spacial score (nSPS) is 14.4. The molecule has 0 saturated carbocycles. The van der Waals surface area contributed by atoms with Crippen molar-refractivity contribution in [1.82, 2.24) is 4.90 Å². The van der Waals surface area contributed by atoms with Crippen molar-refractivity contribution in [2.45, 2.75) is 25.7 Å². The summed E-state index contributed by atoms with van der Waals surface area (Å²) in [6.45, 7) is 1.06. The monoisotopic (exact) mass is 413 g/mol. The summed E-state index contributed by atoms with van der Waals surface area (Å²) in [5, 5.41) is 22.1.